The first-order valence-electron chi connectivity index (χ1n) is 7.90. The fraction of sp³-hybridized carbons (Fsp3) is 0.222. The van der Waals surface area contributed by atoms with Crippen molar-refractivity contribution in [3.05, 3.63) is 47.5 Å². The quantitative estimate of drug-likeness (QED) is 0.671. The van der Waals surface area contributed by atoms with E-state index >= 15 is 0 Å². The van der Waals surface area contributed by atoms with Gasteiger partial charge in [0.25, 0.3) is 0 Å². The molecule has 8 heteroatoms. The maximum atomic E-state index is 12.8. The standard InChI is InChI=1S/C18H16N4O2S2/c1-12(10-25)22(16-7-6-15-17(21-16)26-11-20-15)18(23)24-14-4-2-13(3-5-14)8-9-19/h2-7,11-12,25H,8,10H2,1H3. The highest BCUT2D eigenvalue weighted by Crippen LogP contribution is 2.24. The molecule has 6 nitrogen and oxygen atoms in total. The summed E-state index contributed by atoms with van der Waals surface area (Å²) in [5.41, 5.74) is 3.37. The van der Waals surface area contributed by atoms with Crippen LogP contribution in [0.1, 0.15) is 12.5 Å². The smallest absolute Gasteiger partial charge is 0.410 e. The van der Waals surface area contributed by atoms with E-state index in [1.165, 1.54) is 16.2 Å². The zero-order valence-corrected chi connectivity index (χ0v) is 15.7. The third-order valence-electron chi connectivity index (χ3n) is 3.74. The second-order valence-corrected chi connectivity index (χ2v) is 6.79. The van der Waals surface area contributed by atoms with Gasteiger partial charge in [0.2, 0.25) is 0 Å². The Hall–Kier alpha value is -2.63. The SMILES string of the molecule is CC(CS)N(C(=O)Oc1ccc(CC#N)cc1)c1ccc2ncsc2n1. The first-order chi connectivity index (χ1) is 12.6. The number of carbonyl (C=O) groups is 1. The predicted octanol–water partition coefficient (Wildman–Crippen LogP) is 4.08. The molecule has 3 rings (SSSR count). The van der Waals surface area contributed by atoms with Gasteiger partial charge in [-0.05, 0) is 36.8 Å². The topological polar surface area (TPSA) is 79.1 Å². The van der Waals surface area contributed by atoms with Gasteiger partial charge >= 0.3 is 6.09 Å². The average molecular weight is 384 g/mol. The molecule has 0 N–H and O–H groups in total. The van der Waals surface area contributed by atoms with E-state index in [4.69, 9.17) is 10.00 Å². The summed E-state index contributed by atoms with van der Waals surface area (Å²) in [4.78, 5) is 23.7. The first kappa shape index (κ1) is 18.2. The van der Waals surface area contributed by atoms with Gasteiger partial charge in [-0.25, -0.2) is 14.8 Å². The largest absolute Gasteiger partial charge is 0.421 e. The van der Waals surface area contributed by atoms with Gasteiger partial charge in [0, 0.05) is 11.8 Å². The Balaban J connectivity index is 1.84. The van der Waals surface area contributed by atoms with E-state index in [0.717, 1.165) is 15.9 Å². The van der Waals surface area contributed by atoms with Crippen molar-refractivity contribution in [1.29, 1.82) is 5.26 Å². The van der Waals surface area contributed by atoms with Gasteiger partial charge in [-0.3, -0.25) is 4.90 Å². The summed E-state index contributed by atoms with van der Waals surface area (Å²) in [6, 6.07) is 12.3. The van der Waals surface area contributed by atoms with Crippen LogP contribution < -0.4 is 9.64 Å². The lowest BCUT2D eigenvalue weighted by atomic mass is 10.2. The molecule has 0 fully saturated rings. The van der Waals surface area contributed by atoms with Crippen LogP contribution in [0.15, 0.2) is 41.9 Å². The van der Waals surface area contributed by atoms with Crippen molar-refractivity contribution >= 4 is 46.2 Å². The summed E-state index contributed by atoms with van der Waals surface area (Å²) in [5, 5.41) is 8.72. The molecule has 1 atom stereocenters. The number of hydrogen-bond donors (Lipinski definition) is 1. The van der Waals surface area contributed by atoms with Crippen LogP contribution in [-0.4, -0.2) is 27.9 Å². The van der Waals surface area contributed by atoms with Crippen LogP contribution in [0.3, 0.4) is 0 Å². The maximum absolute atomic E-state index is 12.8. The molecule has 0 aliphatic rings. The number of thiol groups is 1. The number of nitrogens with zero attached hydrogens (tertiary/aromatic N) is 4. The minimum atomic E-state index is -0.532. The van der Waals surface area contributed by atoms with E-state index in [1.54, 1.807) is 35.8 Å². The highest BCUT2D eigenvalue weighted by atomic mass is 32.1. The molecular formula is C18H16N4O2S2. The van der Waals surface area contributed by atoms with Crippen LogP contribution in [0, 0.1) is 11.3 Å². The fourth-order valence-corrected chi connectivity index (χ4v) is 3.19. The molecule has 26 heavy (non-hydrogen) atoms. The fourth-order valence-electron chi connectivity index (χ4n) is 2.37. The van der Waals surface area contributed by atoms with Crippen molar-refractivity contribution in [2.24, 2.45) is 0 Å². The number of ether oxygens (including phenoxy) is 1. The number of amides is 1. The molecule has 0 radical (unpaired) electrons. The molecule has 0 aliphatic heterocycles. The van der Waals surface area contributed by atoms with E-state index in [-0.39, 0.29) is 6.04 Å². The number of hydrogen-bond acceptors (Lipinski definition) is 7. The number of benzene rings is 1. The molecule has 0 spiro atoms. The molecule has 0 aliphatic carbocycles. The van der Waals surface area contributed by atoms with Crippen LogP contribution in [0.25, 0.3) is 10.3 Å². The molecule has 0 saturated heterocycles. The summed E-state index contributed by atoms with van der Waals surface area (Å²) < 4.78 is 5.50. The lowest BCUT2D eigenvalue weighted by molar-refractivity contribution is 0.205. The highest BCUT2D eigenvalue weighted by molar-refractivity contribution is 7.80. The number of carbonyl (C=O) groups excluding carboxylic acids is 1. The molecule has 132 valence electrons. The Morgan fingerprint density at radius 2 is 2.12 bits per heavy atom. The summed E-state index contributed by atoms with van der Waals surface area (Å²) in [5.74, 6) is 1.36. The molecule has 2 aromatic heterocycles. The number of pyridine rings is 1. The summed E-state index contributed by atoms with van der Waals surface area (Å²) in [6.45, 7) is 1.88. The normalized spacial score (nSPS) is 11.7. The van der Waals surface area contributed by atoms with Crippen LogP contribution in [0.5, 0.6) is 5.75 Å². The summed E-state index contributed by atoms with van der Waals surface area (Å²) in [6.07, 6.45) is -0.216. The van der Waals surface area contributed by atoms with Gasteiger partial charge in [0.1, 0.15) is 21.9 Å². The number of anilines is 1. The van der Waals surface area contributed by atoms with Gasteiger partial charge in [0.15, 0.2) is 0 Å². The van der Waals surface area contributed by atoms with Crippen molar-refractivity contribution < 1.29 is 9.53 Å². The van der Waals surface area contributed by atoms with E-state index in [9.17, 15) is 4.79 Å². The minimum Gasteiger partial charge on any atom is -0.410 e. The number of thiazole rings is 1. The molecule has 2 heterocycles. The van der Waals surface area contributed by atoms with E-state index in [0.29, 0.717) is 23.7 Å². The Labute approximate surface area is 160 Å². The molecule has 3 aromatic rings. The van der Waals surface area contributed by atoms with E-state index in [1.807, 2.05) is 13.0 Å². The lowest BCUT2D eigenvalue weighted by Crippen LogP contribution is -2.42. The monoisotopic (exact) mass is 384 g/mol. The predicted molar refractivity (Wildman–Crippen MR) is 105 cm³/mol. The van der Waals surface area contributed by atoms with Gasteiger partial charge < -0.3 is 4.74 Å². The van der Waals surface area contributed by atoms with Gasteiger partial charge in [-0.15, -0.1) is 11.3 Å². The summed E-state index contributed by atoms with van der Waals surface area (Å²) >= 11 is 5.72. The molecule has 0 saturated carbocycles. The molecular weight excluding hydrogens is 368 g/mol. The second-order valence-electron chi connectivity index (χ2n) is 5.59. The van der Waals surface area contributed by atoms with Gasteiger partial charge in [0.05, 0.1) is 18.0 Å². The van der Waals surface area contributed by atoms with E-state index in [2.05, 4.69) is 28.7 Å². The van der Waals surface area contributed by atoms with E-state index < -0.39 is 6.09 Å². The molecule has 1 unspecified atom stereocenters. The molecule has 1 amide bonds. The van der Waals surface area contributed by atoms with Gasteiger partial charge in [-0.1, -0.05) is 12.1 Å². The van der Waals surface area contributed by atoms with Crippen molar-refractivity contribution in [3.8, 4) is 11.8 Å². The van der Waals surface area contributed by atoms with Crippen molar-refractivity contribution in [2.45, 2.75) is 19.4 Å². The lowest BCUT2D eigenvalue weighted by Gasteiger charge is -2.26. The molecule has 1 aromatic carbocycles. The number of rotatable bonds is 5. The van der Waals surface area contributed by atoms with Crippen LogP contribution >= 0.6 is 24.0 Å². The molecule has 0 bridgehead atoms. The van der Waals surface area contributed by atoms with Crippen molar-refractivity contribution in [2.75, 3.05) is 10.7 Å². The third kappa shape index (κ3) is 3.95. The number of nitriles is 1. The zero-order valence-electron chi connectivity index (χ0n) is 14.0. The van der Waals surface area contributed by atoms with Crippen molar-refractivity contribution in [1.82, 2.24) is 9.97 Å². The minimum absolute atomic E-state index is 0.207. The zero-order chi connectivity index (χ0) is 18.5. The van der Waals surface area contributed by atoms with Gasteiger partial charge in [-0.2, -0.15) is 17.9 Å². The summed E-state index contributed by atoms with van der Waals surface area (Å²) in [7, 11) is 0. The first-order valence-corrected chi connectivity index (χ1v) is 9.41. The Bertz CT molecular complexity index is 950. The van der Waals surface area contributed by atoms with Crippen LogP contribution in [0.2, 0.25) is 0 Å². The highest BCUT2D eigenvalue weighted by Gasteiger charge is 2.25. The Morgan fingerprint density at radius 3 is 2.81 bits per heavy atom. The number of fused-ring (bicyclic) bond motifs is 1. The average Bonchev–Trinajstić information content (AvgIpc) is 3.11. The second kappa shape index (κ2) is 8.17. The maximum Gasteiger partial charge on any atom is 0.421 e. The van der Waals surface area contributed by atoms with Crippen LogP contribution in [0.4, 0.5) is 10.6 Å². The Morgan fingerprint density at radius 1 is 1.35 bits per heavy atom. The number of aromatic nitrogens is 2. The third-order valence-corrected chi connectivity index (χ3v) is 5.00. The van der Waals surface area contributed by atoms with Crippen LogP contribution in [-0.2, 0) is 6.42 Å². The van der Waals surface area contributed by atoms with Crippen molar-refractivity contribution in [3.63, 3.8) is 0 Å². The Kier molecular flexibility index (Phi) is 5.71.